The van der Waals surface area contributed by atoms with Crippen molar-refractivity contribution in [1.82, 2.24) is 10.6 Å². The van der Waals surface area contributed by atoms with Crippen LogP contribution in [0, 0.1) is 0 Å². The zero-order chi connectivity index (χ0) is 17.4. The molecule has 126 valence electrons. The third-order valence-electron chi connectivity index (χ3n) is 2.59. The minimum absolute atomic E-state index is 0.724. The average Bonchev–Trinajstić information content (AvgIpc) is 2.41. The number of aliphatic hydroxyl groups excluding tert-OH is 2. The molecule has 11 nitrogen and oxygen atoms in total. The molecule has 2 amide bonds. The number of hydrogen-bond acceptors (Lipinski definition) is 7. The Kier molecular flexibility index (Phi) is 8.01. The number of aliphatic carboxylic acids is 2. The molecule has 4 atom stereocenters. The lowest BCUT2D eigenvalue weighted by atomic mass is 10.1. The van der Waals surface area contributed by atoms with Crippen molar-refractivity contribution in [3.63, 3.8) is 0 Å². The lowest BCUT2D eigenvalue weighted by molar-refractivity contribution is -0.145. The number of carboxylic acid groups (broad SMARTS) is 2. The number of rotatable bonds is 9. The van der Waals surface area contributed by atoms with Gasteiger partial charge in [-0.15, -0.1) is 0 Å². The Morgan fingerprint density at radius 1 is 1.09 bits per heavy atom. The minimum atomic E-state index is -1.67. The predicted octanol–water partition coefficient (Wildman–Crippen LogP) is -3.78. The van der Waals surface area contributed by atoms with E-state index in [0.29, 0.717) is 0 Å². The van der Waals surface area contributed by atoms with Crippen LogP contribution in [0.4, 0.5) is 0 Å². The molecular formula is C11H19N3O8. The summed E-state index contributed by atoms with van der Waals surface area (Å²) in [5.74, 6) is -5.06. The van der Waals surface area contributed by atoms with Crippen LogP contribution in [-0.2, 0) is 19.2 Å². The summed E-state index contributed by atoms with van der Waals surface area (Å²) in [5.41, 5.74) is 5.22. The fraction of sp³-hybridized carbons (Fsp3) is 0.636. The molecule has 0 spiro atoms. The molecule has 0 bridgehead atoms. The van der Waals surface area contributed by atoms with Crippen molar-refractivity contribution in [3.05, 3.63) is 0 Å². The molecular weight excluding hydrogens is 302 g/mol. The molecule has 0 aromatic rings. The number of nitrogens with two attached hydrogens (primary N) is 1. The molecule has 8 N–H and O–H groups in total. The number of carboxylic acids is 2. The number of carbonyl (C=O) groups is 4. The van der Waals surface area contributed by atoms with Crippen molar-refractivity contribution < 1.29 is 39.6 Å². The van der Waals surface area contributed by atoms with Crippen LogP contribution >= 0.6 is 0 Å². The van der Waals surface area contributed by atoms with Gasteiger partial charge in [0.1, 0.15) is 12.1 Å². The van der Waals surface area contributed by atoms with Gasteiger partial charge in [-0.05, 0) is 6.92 Å². The maximum absolute atomic E-state index is 11.9. The number of aliphatic hydroxyl groups is 2. The van der Waals surface area contributed by atoms with Crippen LogP contribution in [0.5, 0.6) is 0 Å². The molecule has 0 aliphatic rings. The van der Waals surface area contributed by atoms with Gasteiger partial charge in [0.25, 0.3) is 0 Å². The van der Waals surface area contributed by atoms with Crippen LogP contribution in [0.2, 0.25) is 0 Å². The van der Waals surface area contributed by atoms with Crippen molar-refractivity contribution in [1.29, 1.82) is 0 Å². The fourth-order valence-corrected chi connectivity index (χ4v) is 1.39. The molecule has 0 unspecified atom stereocenters. The lowest BCUT2D eigenvalue weighted by Crippen LogP contribution is -2.57. The Bertz CT molecular complexity index is 439. The zero-order valence-corrected chi connectivity index (χ0v) is 11.7. The Balaban J connectivity index is 5.01. The van der Waals surface area contributed by atoms with Gasteiger partial charge in [0.05, 0.1) is 19.1 Å². The van der Waals surface area contributed by atoms with Crippen molar-refractivity contribution >= 4 is 23.8 Å². The van der Waals surface area contributed by atoms with Crippen LogP contribution in [0.25, 0.3) is 0 Å². The highest BCUT2D eigenvalue weighted by atomic mass is 16.4. The molecule has 0 heterocycles. The third kappa shape index (κ3) is 6.47. The highest BCUT2D eigenvalue weighted by Gasteiger charge is 2.31. The van der Waals surface area contributed by atoms with Crippen LogP contribution in [0.1, 0.15) is 13.3 Å². The molecule has 0 rings (SSSR count). The molecule has 0 radical (unpaired) electrons. The smallest absolute Gasteiger partial charge is 0.328 e. The second-order valence-corrected chi connectivity index (χ2v) is 4.51. The average molecular weight is 321 g/mol. The monoisotopic (exact) mass is 321 g/mol. The molecule has 0 saturated heterocycles. The zero-order valence-electron chi connectivity index (χ0n) is 11.7. The molecule has 0 aliphatic carbocycles. The van der Waals surface area contributed by atoms with Gasteiger partial charge < -0.3 is 36.8 Å². The Morgan fingerprint density at radius 3 is 2.00 bits per heavy atom. The summed E-state index contributed by atoms with van der Waals surface area (Å²) in [5, 5.41) is 39.4. The van der Waals surface area contributed by atoms with Gasteiger partial charge in [0, 0.05) is 0 Å². The maximum atomic E-state index is 11.9. The predicted molar refractivity (Wildman–Crippen MR) is 70.5 cm³/mol. The van der Waals surface area contributed by atoms with Gasteiger partial charge >= 0.3 is 11.9 Å². The fourth-order valence-electron chi connectivity index (χ4n) is 1.39. The summed E-state index contributed by atoms with van der Waals surface area (Å²) < 4.78 is 0. The van der Waals surface area contributed by atoms with Gasteiger partial charge in [-0.3, -0.25) is 14.4 Å². The second kappa shape index (κ2) is 8.92. The summed E-state index contributed by atoms with van der Waals surface area (Å²) in [6, 6.07) is -4.65. The first-order valence-electron chi connectivity index (χ1n) is 6.20. The standard InChI is InChI=1S/C11H19N3O8/c1-4(16)8(11(21)22)14-10(20)6(2-7(17)18)13-9(19)5(12)3-15/h4-6,8,15-16H,2-3,12H2,1H3,(H,13,19)(H,14,20)(H,17,18)(H,21,22)/t4-,5+,6+,8+/m1/s1. The molecule has 11 heteroatoms. The molecule has 0 aromatic carbocycles. The summed E-state index contributed by atoms with van der Waals surface area (Å²) in [6.45, 7) is 0.393. The summed E-state index contributed by atoms with van der Waals surface area (Å²) in [4.78, 5) is 44.9. The van der Waals surface area contributed by atoms with Crippen LogP contribution in [0.3, 0.4) is 0 Å². The van der Waals surface area contributed by atoms with E-state index in [9.17, 15) is 24.3 Å². The SMILES string of the molecule is C[C@@H](O)[C@H](NC(=O)[C@H](CC(=O)O)NC(=O)[C@@H](N)CO)C(=O)O. The Labute approximate surface area is 125 Å². The normalized spacial score (nSPS) is 16.0. The van der Waals surface area contributed by atoms with E-state index in [4.69, 9.17) is 21.1 Å². The van der Waals surface area contributed by atoms with E-state index in [0.717, 1.165) is 6.92 Å². The van der Waals surface area contributed by atoms with Crippen molar-refractivity contribution in [2.24, 2.45) is 5.73 Å². The van der Waals surface area contributed by atoms with Gasteiger partial charge in [0.2, 0.25) is 11.8 Å². The Hall–Kier alpha value is -2.24. The van der Waals surface area contributed by atoms with Crippen LogP contribution < -0.4 is 16.4 Å². The quantitative estimate of drug-likeness (QED) is 0.222. The first-order chi connectivity index (χ1) is 10.1. The van der Waals surface area contributed by atoms with Crippen molar-refractivity contribution in [2.45, 2.75) is 37.6 Å². The van der Waals surface area contributed by atoms with E-state index < -0.39 is 61.0 Å². The first-order valence-corrected chi connectivity index (χ1v) is 6.20. The molecule has 0 aliphatic heterocycles. The third-order valence-corrected chi connectivity index (χ3v) is 2.59. The van der Waals surface area contributed by atoms with E-state index in [1.54, 1.807) is 0 Å². The summed E-state index contributed by atoms with van der Waals surface area (Å²) >= 11 is 0. The van der Waals surface area contributed by atoms with Gasteiger partial charge in [0.15, 0.2) is 6.04 Å². The van der Waals surface area contributed by atoms with E-state index in [1.807, 2.05) is 10.6 Å². The number of amides is 2. The highest BCUT2D eigenvalue weighted by molar-refractivity contribution is 5.94. The van der Waals surface area contributed by atoms with E-state index in [2.05, 4.69) is 0 Å². The van der Waals surface area contributed by atoms with E-state index >= 15 is 0 Å². The highest BCUT2D eigenvalue weighted by Crippen LogP contribution is 1.99. The van der Waals surface area contributed by atoms with Crippen molar-refractivity contribution in [2.75, 3.05) is 6.61 Å². The van der Waals surface area contributed by atoms with Gasteiger partial charge in [-0.1, -0.05) is 0 Å². The number of carbonyl (C=O) groups excluding carboxylic acids is 2. The molecule has 0 saturated carbocycles. The van der Waals surface area contributed by atoms with Crippen molar-refractivity contribution in [3.8, 4) is 0 Å². The minimum Gasteiger partial charge on any atom is -0.481 e. The Morgan fingerprint density at radius 2 is 1.64 bits per heavy atom. The van der Waals surface area contributed by atoms with E-state index in [1.165, 1.54) is 0 Å². The second-order valence-electron chi connectivity index (χ2n) is 4.51. The summed E-state index contributed by atoms with van der Waals surface area (Å²) in [6.07, 6.45) is -2.27. The lowest BCUT2D eigenvalue weighted by Gasteiger charge is -2.22. The summed E-state index contributed by atoms with van der Waals surface area (Å²) in [7, 11) is 0. The number of nitrogens with one attached hydrogen (secondary N) is 2. The molecule has 0 fully saturated rings. The number of hydrogen-bond donors (Lipinski definition) is 7. The topological polar surface area (TPSA) is 199 Å². The van der Waals surface area contributed by atoms with Gasteiger partial charge in [-0.2, -0.15) is 0 Å². The van der Waals surface area contributed by atoms with Gasteiger partial charge in [-0.25, -0.2) is 4.79 Å². The maximum Gasteiger partial charge on any atom is 0.328 e. The van der Waals surface area contributed by atoms with Crippen LogP contribution in [-0.4, -0.2) is 75.0 Å². The first kappa shape index (κ1) is 19.8. The van der Waals surface area contributed by atoms with E-state index in [-0.39, 0.29) is 0 Å². The largest absolute Gasteiger partial charge is 0.481 e. The molecule has 22 heavy (non-hydrogen) atoms. The van der Waals surface area contributed by atoms with Crippen LogP contribution in [0.15, 0.2) is 0 Å². The molecule has 0 aromatic heterocycles.